The second kappa shape index (κ2) is 12.4. The number of hydrogen-bond donors (Lipinski definition) is 0. The maximum absolute atomic E-state index is 5.99. The smallest absolute Gasteiger partial charge is 0.248 e. The fourth-order valence-electron chi connectivity index (χ4n) is 5.77. The number of aliphatic imine (C=N–C) groups is 2. The van der Waals surface area contributed by atoms with Gasteiger partial charge < -0.3 is 8.83 Å². The van der Waals surface area contributed by atoms with Gasteiger partial charge in [0.25, 0.3) is 0 Å². The third-order valence-electron chi connectivity index (χ3n) is 8.28. The van der Waals surface area contributed by atoms with Crippen molar-refractivity contribution >= 4 is 22.8 Å². The Morgan fingerprint density at radius 1 is 0.340 bits per heavy atom. The standard InChI is InChI=1S/C40H24N8O2/c1-3-7-27(8-4-1)37-45-47-39(49-37)29-15-11-25(12-16-29)35-31-19-21-41-23-33(31)44-36(32-20-22-42-24-34(32)43-35)26-13-17-30(18-14-26)40-48-46-38(50-40)28-9-5-2-6-10-28/h1-24H/b35-31?,36-32?,43-34?,43-35-,44-33?,44-36-. The van der Waals surface area contributed by atoms with Gasteiger partial charge in [-0.3, -0.25) is 9.97 Å². The zero-order valence-corrected chi connectivity index (χ0v) is 26.3. The van der Waals surface area contributed by atoms with Crippen LogP contribution in [0.15, 0.2) is 165 Å². The van der Waals surface area contributed by atoms with Gasteiger partial charge in [0.15, 0.2) is 0 Å². The average Bonchev–Trinajstić information content (AvgIpc) is 3.89. The summed E-state index contributed by atoms with van der Waals surface area (Å²) in [4.78, 5) is 19.2. The molecule has 0 saturated heterocycles. The molecular formula is C40H24N8O2. The monoisotopic (exact) mass is 648 g/mol. The summed E-state index contributed by atoms with van der Waals surface area (Å²) in [5.41, 5.74) is 9.61. The Morgan fingerprint density at radius 2 is 0.680 bits per heavy atom. The van der Waals surface area contributed by atoms with Gasteiger partial charge in [0, 0.05) is 56.9 Å². The zero-order valence-electron chi connectivity index (χ0n) is 26.3. The minimum atomic E-state index is 0.435. The Morgan fingerprint density at radius 3 is 1.06 bits per heavy atom. The molecule has 0 bridgehead atoms. The SMILES string of the molecule is c1ccc(-c2nnc(-c3ccc(/C4=N/c5cnccc5/C(c5ccc(-c6nnc(-c7ccccc7)o6)cc5)=N\c5cnccc54)cc3)o2)cc1. The van der Waals surface area contributed by atoms with Gasteiger partial charge in [-0.25, -0.2) is 9.98 Å². The van der Waals surface area contributed by atoms with Gasteiger partial charge in [-0.2, -0.15) is 0 Å². The third kappa shape index (κ3) is 5.46. The topological polar surface area (TPSA) is 128 Å². The van der Waals surface area contributed by atoms with E-state index >= 15 is 0 Å². The van der Waals surface area contributed by atoms with Gasteiger partial charge >= 0.3 is 0 Å². The molecule has 0 aliphatic carbocycles. The Balaban J connectivity index is 1.06. The van der Waals surface area contributed by atoms with E-state index in [9.17, 15) is 0 Å². The number of fused-ring (bicyclic) bond motifs is 2. The molecule has 0 unspecified atom stereocenters. The van der Waals surface area contributed by atoms with Crippen molar-refractivity contribution in [3.63, 3.8) is 0 Å². The van der Waals surface area contributed by atoms with E-state index in [1.54, 1.807) is 24.8 Å². The molecule has 0 radical (unpaired) electrons. The molecule has 5 heterocycles. The highest BCUT2D eigenvalue weighted by Crippen LogP contribution is 2.34. The number of aromatic nitrogens is 6. The summed E-state index contributed by atoms with van der Waals surface area (Å²) in [5.74, 6) is 1.81. The van der Waals surface area contributed by atoms with Crippen LogP contribution in [-0.4, -0.2) is 41.8 Å². The summed E-state index contributed by atoms with van der Waals surface area (Å²) < 4.78 is 12.0. The molecule has 4 aromatic heterocycles. The molecule has 10 nitrogen and oxygen atoms in total. The Hall–Kier alpha value is -7.20. The van der Waals surface area contributed by atoms with Crippen molar-refractivity contribution in [1.82, 2.24) is 30.4 Å². The van der Waals surface area contributed by atoms with Crippen molar-refractivity contribution in [3.05, 3.63) is 168 Å². The molecular weight excluding hydrogens is 624 g/mol. The maximum Gasteiger partial charge on any atom is 0.248 e. The van der Waals surface area contributed by atoms with E-state index in [0.717, 1.165) is 55.9 Å². The van der Waals surface area contributed by atoms with Crippen LogP contribution in [0.25, 0.3) is 45.8 Å². The van der Waals surface area contributed by atoms with Gasteiger partial charge in [0.2, 0.25) is 23.6 Å². The highest BCUT2D eigenvalue weighted by atomic mass is 16.4. The molecule has 0 N–H and O–H groups in total. The molecule has 0 fully saturated rings. The first-order valence-electron chi connectivity index (χ1n) is 15.8. The summed E-state index contributed by atoms with van der Waals surface area (Å²) in [6.45, 7) is 0. The van der Waals surface area contributed by atoms with E-state index in [1.165, 1.54) is 0 Å². The van der Waals surface area contributed by atoms with E-state index in [-0.39, 0.29) is 0 Å². The van der Waals surface area contributed by atoms with Crippen LogP contribution in [0.2, 0.25) is 0 Å². The molecule has 10 heteroatoms. The first-order chi connectivity index (χ1) is 24.8. The second-order valence-electron chi connectivity index (χ2n) is 11.4. The largest absolute Gasteiger partial charge is 0.416 e. The first kappa shape index (κ1) is 29.0. The average molecular weight is 649 g/mol. The molecule has 1 aliphatic heterocycles. The van der Waals surface area contributed by atoms with Crippen molar-refractivity contribution in [3.8, 4) is 45.8 Å². The summed E-state index contributed by atoms with van der Waals surface area (Å²) in [7, 11) is 0. The van der Waals surface area contributed by atoms with E-state index in [4.69, 9.17) is 18.8 Å². The van der Waals surface area contributed by atoms with E-state index in [0.29, 0.717) is 34.9 Å². The number of nitrogens with zero attached hydrogens (tertiary/aromatic N) is 8. The molecule has 236 valence electrons. The van der Waals surface area contributed by atoms with Crippen molar-refractivity contribution < 1.29 is 8.83 Å². The van der Waals surface area contributed by atoms with Gasteiger partial charge in [-0.05, 0) is 60.7 Å². The van der Waals surface area contributed by atoms with Crippen LogP contribution in [0, 0.1) is 0 Å². The molecule has 0 spiro atoms. The Kier molecular flexibility index (Phi) is 7.21. The molecule has 50 heavy (non-hydrogen) atoms. The van der Waals surface area contributed by atoms with E-state index < -0.39 is 0 Å². The van der Waals surface area contributed by atoms with Crippen LogP contribution in [-0.2, 0) is 0 Å². The van der Waals surface area contributed by atoms with Crippen LogP contribution in [0.1, 0.15) is 22.3 Å². The molecule has 0 saturated carbocycles. The van der Waals surface area contributed by atoms with Gasteiger partial charge in [-0.15, -0.1) is 20.4 Å². The van der Waals surface area contributed by atoms with Crippen LogP contribution in [0.5, 0.6) is 0 Å². The summed E-state index contributed by atoms with van der Waals surface area (Å²) in [6.07, 6.45) is 7.01. The highest BCUT2D eigenvalue weighted by molar-refractivity contribution is 6.22. The van der Waals surface area contributed by atoms with E-state index in [2.05, 4.69) is 30.4 Å². The fourth-order valence-corrected chi connectivity index (χ4v) is 5.77. The third-order valence-corrected chi connectivity index (χ3v) is 8.28. The van der Waals surface area contributed by atoms with E-state index in [1.807, 2.05) is 121 Å². The number of hydrogen-bond acceptors (Lipinski definition) is 10. The highest BCUT2D eigenvalue weighted by Gasteiger charge is 2.21. The Bertz CT molecular complexity index is 2340. The minimum absolute atomic E-state index is 0.435. The van der Waals surface area contributed by atoms with Gasteiger partial charge in [0.1, 0.15) is 0 Å². The molecule has 1 aliphatic rings. The maximum atomic E-state index is 5.99. The molecule has 8 aromatic rings. The number of benzene rings is 4. The fraction of sp³-hybridized carbons (Fsp3) is 0. The van der Waals surface area contributed by atoms with Crippen molar-refractivity contribution in [2.24, 2.45) is 9.98 Å². The van der Waals surface area contributed by atoms with Crippen LogP contribution in [0.3, 0.4) is 0 Å². The van der Waals surface area contributed by atoms with Crippen LogP contribution in [0.4, 0.5) is 11.4 Å². The second-order valence-corrected chi connectivity index (χ2v) is 11.4. The lowest BCUT2D eigenvalue weighted by Gasteiger charge is -2.17. The number of rotatable bonds is 6. The molecule has 0 atom stereocenters. The van der Waals surface area contributed by atoms with Crippen molar-refractivity contribution in [2.45, 2.75) is 0 Å². The predicted molar refractivity (Wildman–Crippen MR) is 189 cm³/mol. The molecule has 0 amide bonds. The Labute approximate surface area is 285 Å². The lowest BCUT2D eigenvalue weighted by molar-refractivity contribution is 0.584. The summed E-state index contributed by atoms with van der Waals surface area (Å²) in [6, 6.07) is 39.0. The van der Waals surface area contributed by atoms with Gasteiger partial charge in [-0.1, -0.05) is 60.7 Å². The van der Waals surface area contributed by atoms with Crippen LogP contribution >= 0.6 is 0 Å². The van der Waals surface area contributed by atoms with Gasteiger partial charge in [0.05, 0.1) is 35.2 Å². The zero-order chi connectivity index (χ0) is 33.3. The summed E-state index contributed by atoms with van der Waals surface area (Å²) in [5, 5.41) is 17.0. The molecule has 4 aromatic carbocycles. The predicted octanol–water partition coefficient (Wildman–Crippen LogP) is 8.56. The quantitative estimate of drug-likeness (QED) is 0.175. The lowest BCUT2D eigenvalue weighted by Crippen LogP contribution is -2.10. The molecule has 9 rings (SSSR count). The minimum Gasteiger partial charge on any atom is -0.416 e. The first-order valence-corrected chi connectivity index (χ1v) is 15.8. The van der Waals surface area contributed by atoms with Crippen molar-refractivity contribution in [1.29, 1.82) is 0 Å². The van der Waals surface area contributed by atoms with Crippen molar-refractivity contribution in [2.75, 3.05) is 0 Å². The number of pyridine rings is 2. The summed E-state index contributed by atoms with van der Waals surface area (Å²) >= 11 is 0. The lowest BCUT2D eigenvalue weighted by atomic mass is 9.96. The van der Waals surface area contributed by atoms with Crippen LogP contribution < -0.4 is 0 Å². The normalized spacial score (nSPS) is 14.3.